The Morgan fingerprint density at radius 2 is 2.12 bits per heavy atom. The van der Waals surface area contributed by atoms with Crippen molar-refractivity contribution >= 4 is 11.6 Å². The van der Waals surface area contributed by atoms with E-state index in [9.17, 15) is 13.2 Å². The van der Waals surface area contributed by atoms with Gasteiger partial charge in [0.2, 0.25) is 0 Å². The highest BCUT2D eigenvalue weighted by Gasteiger charge is 2.42. The summed E-state index contributed by atoms with van der Waals surface area (Å²) < 4.78 is 57.6. The lowest BCUT2D eigenvalue weighted by Crippen LogP contribution is -2.38. The maximum atomic E-state index is 12.3. The molecule has 0 radical (unpaired) electrons. The van der Waals surface area contributed by atoms with E-state index < -0.39 is 12.1 Å². The fourth-order valence-electron chi connectivity index (χ4n) is 2.81. The first-order chi connectivity index (χ1) is 12.3. The van der Waals surface area contributed by atoms with Gasteiger partial charge in [0.15, 0.2) is 11.7 Å². The topological polar surface area (TPSA) is 87.3 Å². The van der Waals surface area contributed by atoms with Crippen LogP contribution in [0.2, 0.25) is 0 Å². The summed E-state index contributed by atoms with van der Waals surface area (Å²) in [6, 6.07) is 5.35. The van der Waals surface area contributed by atoms with Crippen molar-refractivity contribution in [1.29, 1.82) is 0 Å². The first-order valence-corrected chi connectivity index (χ1v) is 8.16. The van der Waals surface area contributed by atoms with Crippen LogP contribution in [0.25, 0.3) is 0 Å². The summed E-state index contributed by atoms with van der Waals surface area (Å²) in [6.45, 7) is 1.87. The molecule has 144 valence electrons. The smallest absolute Gasteiger partial charge is 0.406 e. The predicted octanol–water partition coefficient (Wildman–Crippen LogP) is 2.23. The van der Waals surface area contributed by atoms with E-state index in [0.29, 0.717) is 38.3 Å². The number of ether oxygens (including phenoxy) is 4. The zero-order chi connectivity index (χ0) is 18.6. The third kappa shape index (κ3) is 5.23. The molecule has 2 saturated heterocycles. The molecule has 3 rings (SSSR count). The lowest BCUT2D eigenvalue weighted by atomic mass is 10.1. The Labute approximate surface area is 148 Å². The Morgan fingerprint density at radius 3 is 2.85 bits per heavy atom. The van der Waals surface area contributed by atoms with Crippen molar-refractivity contribution in [1.82, 2.24) is 0 Å². The van der Waals surface area contributed by atoms with Crippen LogP contribution >= 0.6 is 0 Å². The summed E-state index contributed by atoms with van der Waals surface area (Å²) in [5.41, 5.74) is 6.12. The van der Waals surface area contributed by atoms with Crippen LogP contribution in [0.1, 0.15) is 12.8 Å². The molecule has 0 bridgehead atoms. The molecular formula is C16H20F3N3O4. The Morgan fingerprint density at radius 1 is 1.35 bits per heavy atom. The largest absolute Gasteiger partial charge is 0.573 e. The average Bonchev–Trinajstić information content (AvgIpc) is 2.95. The second kappa shape index (κ2) is 7.68. The quantitative estimate of drug-likeness (QED) is 0.620. The van der Waals surface area contributed by atoms with Crippen LogP contribution in [0.15, 0.2) is 29.3 Å². The molecule has 1 atom stereocenters. The van der Waals surface area contributed by atoms with Crippen LogP contribution < -0.4 is 15.8 Å². The average molecular weight is 375 g/mol. The normalized spacial score (nSPS) is 23.2. The van der Waals surface area contributed by atoms with Crippen LogP contribution in [0.3, 0.4) is 0 Å². The van der Waals surface area contributed by atoms with Crippen LogP contribution in [-0.2, 0) is 14.2 Å². The Kier molecular flexibility index (Phi) is 5.54. The van der Waals surface area contributed by atoms with E-state index in [-0.39, 0.29) is 24.4 Å². The summed E-state index contributed by atoms with van der Waals surface area (Å²) in [5.74, 6) is -0.876. The summed E-state index contributed by atoms with van der Waals surface area (Å²) in [6.07, 6.45) is -3.63. The lowest BCUT2D eigenvalue weighted by Gasteiger charge is -2.31. The standard InChI is InChI=1S/C16H20F3N3O4/c17-16(18,19)26-12-3-1-2-11(8-12)22-14(20)21-9-13-10-24-15(25-13)4-6-23-7-5-15/h1-3,8,13H,4-7,9-10H2,(H3,20,21,22). The molecule has 1 aromatic carbocycles. The molecule has 2 fully saturated rings. The van der Waals surface area contributed by atoms with Crippen molar-refractivity contribution in [2.24, 2.45) is 10.7 Å². The maximum Gasteiger partial charge on any atom is 0.573 e. The monoisotopic (exact) mass is 375 g/mol. The highest BCUT2D eigenvalue weighted by Crippen LogP contribution is 2.33. The van der Waals surface area contributed by atoms with Gasteiger partial charge in [-0.3, -0.25) is 4.99 Å². The van der Waals surface area contributed by atoms with Crippen molar-refractivity contribution in [3.8, 4) is 5.75 Å². The molecule has 3 N–H and O–H groups in total. The highest BCUT2D eigenvalue weighted by molar-refractivity contribution is 5.92. The second-order valence-electron chi connectivity index (χ2n) is 6.00. The van der Waals surface area contributed by atoms with E-state index in [1.165, 1.54) is 18.2 Å². The highest BCUT2D eigenvalue weighted by atomic mass is 19.4. The number of halogens is 3. The van der Waals surface area contributed by atoms with Gasteiger partial charge in [0.25, 0.3) is 0 Å². The summed E-state index contributed by atoms with van der Waals surface area (Å²) in [7, 11) is 0. The van der Waals surface area contributed by atoms with Crippen LogP contribution in [0.4, 0.5) is 18.9 Å². The minimum absolute atomic E-state index is 0.0608. The van der Waals surface area contributed by atoms with Gasteiger partial charge in [-0.2, -0.15) is 0 Å². The van der Waals surface area contributed by atoms with E-state index in [4.69, 9.17) is 19.9 Å². The van der Waals surface area contributed by atoms with Gasteiger partial charge in [0, 0.05) is 24.6 Å². The Hall–Kier alpha value is -2.04. The van der Waals surface area contributed by atoms with E-state index in [1.807, 2.05) is 0 Å². The number of aliphatic imine (C=N–C) groups is 1. The summed E-state index contributed by atoms with van der Waals surface area (Å²) >= 11 is 0. The number of nitrogens with two attached hydrogens (primary N) is 1. The fourth-order valence-corrected chi connectivity index (χ4v) is 2.81. The number of nitrogens with one attached hydrogen (secondary N) is 1. The zero-order valence-electron chi connectivity index (χ0n) is 13.9. The first kappa shape index (κ1) is 18.7. The fraction of sp³-hybridized carbons (Fsp3) is 0.562. The molecule has 10 heteroatoms. The number of hydrogen-bond acceptors (Lipinski definition) is 5. The number of alkyl halides is 3. The van der Waals surface area contributed by atoms with E-state index in [0.717, 1.165) is 0 Å². The number of benzene rings is 1. The maximum absolute atomic E-state index is 12.3. The molecule has 26 heavy (non-hydrogen) atoms. The lowest BCUT2D eigenvalue weighted by molar-refractivity contribution is -0.274. The number of nitrogens with zero attached hydrogens (tertiary/aromatic N) is 1. The molecule has 2 aliphatic rings. The first-order valence-electron chi connectivity index (χ1n) is 8.16. The molecule has 1 unspecified atom stereocenters. The van der Waals surface area contributed by atoms with Crippen molar-refractivity contribution in [2.75, 3.05) is 31.7 Å². The van der Waals surface area contributed by atoms with Gasteiger partial charge >= 0.3 is 6.36 Å². The third-order valence-corrected chi connectivity index (χ3v) is 3.97. The van der Waals surface area contributed by atoms with E-state index >= 15 is 0 Å². The number of rotatable bonds is 4. The van der Waals surface area contributed by atoms with Crippen molar-refractivity contribution < 1.29 is 32.1 Å². The van der Waals surface area contributed by atoms with Crippen LogP contribution in [0.5, 0.6) is 5.75 Å². The molecule has 0 aromatic heterocycles. The zero-order valence-corrected chi connectivity index (χ0v) is 13.9. The van der Waals surface area contributed by atoms with Crippen LogP contribution in [0, 0.1) is 0 Å². The number of hydrogen-bond donors (Lipinski definition) is 2. The van der Waals surface area contributed by atoms with Gasteiger partial charge < -0.3 is 30.0 Å². The number of guanidine groups is 1. The second-order valence-corrected chi connectivity index (χ2v) is 6.00. The van der Waals surface area contributed by atoms with Gasteiger partial charge in [-0.05, 0) is 12.1 Å². The summed E-state index contributed by atoms with van der Waals surface area (Å²) in [4.78, 5) is 4.17. The Balaban J connectivity index is 1.52. The minimum atomic E-state index is -4.75. The molecule has 2 aliphatic heterocycles. The van der Waals surface area contributed by atoms with E-state index in [2.05, 4.69) is 15.0 Å². The van der Waals surface area contributed by atoms with Gasteiger partial charge in [-0.15, -0.1) is 13.2 Å². The third-order valence-electron chi connectivity index (χ3n) is 3.97. The Bertz CT molecular complexity index is 648. The van der Waals surface area contributed by atoms with Gasteiger partial charge in [0.1, 0.15) is 11.9 Å². The summed E-state index contributed by atoms with van der Waals surface area (Å²) in [5, 5.41) is 2.73. The molecule has 2 heterocycles. The van der Waals surface area contributed by atoms with E-state index in [1.54, 1.807) is 6.07 Å². The minimum Gasteiger partial charge on any atom is -0.406 e. The van der Waals surface area contributed by atoms with Gasteiger partial charge in [-0.25, -0.2) is 0 Å². The van der Waals surface area contributed by atoms with Crippen LogP contribution in [-0.4, -0.2) is 50.6 Å². The van der Waals surface area contributed by atoms with Gasteiger partial charge in [-0.1, -0.05) is 6.07 Å². The molecule has 7 nitrogen and oxygen atoms in total. The molecule has 1 aromatic rings. The van der Waals surface area contributed by atoms with Crippen molar-refractivity contribution in [3.05, 3.63) is 24.3 Å². The molecule has 0 aliphatic carbocycles. The molecule has 1 spiro atoms. The van der Waals surface area contributed by atoms with Crippen molar-refractivity contribution in [2.45, 2.75) is 31.1 Å². The van der Waals surface area contributed by atoms with Gasteiger partial charge in [0.05, 0.1) is 26.4 Å². The molecule has 0 amide bonds. The van der Waals surface area contributed by atoms with Crippen molar-refractivity contribution in [3.63, 3.8) is 0 Å². The predicted molar refractivity (Wildman–Crippen MR) is 86.8 cm³/mol. The SMILES string of the molecule is NC(=NCC1COC2(CCOCC2)O1)Nc1cccc(OC(F)(F)F)c1. The molecule has 0 saturated carbocycles. The molecular weight excluding hydrogens is 355 g/mol. The number of anilines is 1.